The van der Waals surface area contributed by atoms with Gasteiger partial charge in [0.1, 0.15) is 0 Å². The van der Waals surface area contributed by atoms with Gasteiger partial charge in [-0.25, -0.2) is 9.97 Å². The van der Waals surface area contributed by atoms with Gasteiger partial charge in [0.2, 0.25) is 5.15 Å². The highest BCUT2D eigenvalue weighted by Crippen LogP contribution is 2.38. The monoisotopic (exact) mass is 259 g/mol. The van der Waals surface area contributed by atoms with E-state index in [1.54, 1.807) is 4.70 Å². The highest BCUT2D eigenvalue weighted by atomic mass is 35.5. The average molecular weight is 260 g/mol. The maximum absolute atomic E-state index is 6.23. The Balaban J connectivity index is 2.18. The highest BCUT2D eigenvalue weighted by Gasteiger charge is 2.33. The van der Waals surface area contributed by atoms with Crippen molar-refractivity contribution in [2.24, 2.45) is 5.11 Å². The average Bonchev–Trinajstić information content (AvgIpc) is 2.66. The lowest BCUT2D eigenvalue weighted by Crippen LogP contribution is -1.99. The minimum Gasteiger partial charge on any atom is -0.223 e. The van der Waals surface area contributed by atoms with Gasteiger partial charge in [-0.05, 0) is 12.0 Å². The Kier molecular flexibility index (Phi) is 2.59. The second kappa shape index (κ2) is 4.14. The number of hydrogen-bond acceptors (Lipinski definition) is 3. The maximum Gasteiger partial charge on any atom is 0.292 e. The quantitative estimate of drug-likeness (QED) is 0.580. The van der Waals surface area contributed by atoms with Crippen LogP contribution in [0.4, 0.5) is 5.69 Å². The molecule has 0 saturated heterocycles. The summed E-state index contributed by atoms with van der Waals surface area (Å²) in [5.74, 6) is 0.650. The summed E-state index contributed by atoms with van der Waals surface area (Å²) in [7, 11) is 1.86. The first-order chi connectivity index (χ1) is 8.66. The number of fused-ring (bicyclic) bond motifs is 1. The Labute approximate surface area is 110 Å². The first-order valence-electron chi connectivity index (χ1n) is 5.74. The fourth-order valence-electron chi connectivity index (χ4n) is 2.12. The fraction of sp³-hybridized carbons (Fsp3) is 0.231. The molecule has 1 aliphatic rings. The highest BCUT2D eigenvalue weighted by molar-refractivity contribution is 6.31. The van der Waals surface area contributed by atoms with Gasteiger partial charge in [0.15, 0.2) is 24.6 Å². The summed E-state index contributed by atoms with van der Waals surface area (Å²) in [6.07, 6.45) is 0. The molecule has 2 heterocycles. The first-order valence-corrected chi connectivity index (χ1v) is 6.12. The van der Waals surface area contributed by atoms with Crippen LogP contribution in [0.3, 0.4) is 0 Å². The van der Waals surface area contributed by atoms with Crippen LogP contribution in [-0.4, -0.2) is 21.7 Å². The number of benzene rings is 1. The molecule has 1 atom stereocenters. The van der Waals surface area contributed by atoms with Crippen LogP contribution < -0.4 is 0 Å². The lowest BCUT2D eigenvalue weighted by atomic mass is 10.2. The van der Waals surface area contributed by atoms with E-state index in [2.05, 4.69) is 15.1 Å². The molecule has 90 valence electrons. The van der Waals surface area contributed by atoms with Gasteiger partial charge in [-0.1, -0.05) is 46.6 Å². The zero-order valence-corrected chi connectivity index (χ0v) is 10.9. The van der Waals surface area contributed by atoms with Crippen molar-refractivity contribution in [3.05, 3.63) is 41.2 Å². The molecular formula is C13H12ClN4+. The predicted molar refractivity (Wildman–Crippen MR) is 69.2 cm³/mol. The van der Waals surface area contributed by atoms with Crippen LogP contribution >= 0.6 is 11.6 Å². The molecule has 0 bridgehead atoms. The molecule has 0 aliphatic carbocycles. The number of rotatable bonds is 1. The van der Waals surface area contributed by atoms with Gasteiger partial charge < -0.3 is 0 Å². The van der Waals surface area contributed by atoms with E-state index in [1.807, 2.05) is 44.3 Å². The van der Waals surface area contributed by atoms with Gasteiger partial charge in [0.25, 0.3) is 5.69 Å². The van der Waals surface area contributed by atoms with E-state index in [0.29, 0.717) is 11.0 Å². The molecule has 0 saturated carbocycles. The van der Waals surface area contributed by atoms with E-state index >= 15 is 0 Å². The third-order valence-electron chi connectivity index (χ3n) is 2.97. The van der Waals surface area contributed by atoms with Crippen molar-refractivity contribution in [1.29, 1.82) is 0 Å². The third kappa shape index (κ3) is 1.69. The standard InChI is InChI=1S/C13H12ClN4/c1-8-10-11(18(2)17-8)12(14)16-13(15-10)9-6-4-3-5-7-9/h3-8H,1-2H3/q+1. The van der Waals surface area contributed by atoms with Gasteiger partial charge in [-0.2, -0.15) is 0 Å². The Morgan fingerprint density at radius 1 is 1.17 bits per heavy atom. The molecular weight excluding hydrogens is 248 g/mol. The largest absolute Gasteiger partial charge is 0.292 e. The van der Waals surface area contributed by atoms with Gasteiger partial charge in [-0.3, -0.25) is 0 Å². The van der Waals surface area contributed by atoms with Crippen molar-refractivity contribution in [1.82, 2.24) is 9.97 Å². The lowest BCUT2D eigenvalue weighted by molar-refractivity contribution is -0.477. The SMILES string of the molecule is CC1N=[N+](C)c2c(Cl)nc(-c3ccccc3)nc21. The molecule has 3 rings (SSSR count). The molecule has 4 nitrogen and oxygen atoms in total. The molecule has 0 N–H and O–H groups in total. The van der Waals surface area contributed by atoms with Gasteiger partial charge in [0.05, 0.1) is 0 Å². The predicted octanol–water partition coefficient (Wildman–Crippen LogP) is 3.60. The van der Waals surface area contributed by atoms with E-state index in [-0.39, 0.29) is 6.04 Å². The van der Waals surface area contributed by atoms with Gasteiger partial charge in [0, 0.05) is 5.56 Å². The van der Waals surface area contributed by atoms with Crippen molar-refractivity contribution in [2.75, 3.05) is 7.05 Å². The Morgan fingerprint density at radius 2 is 1.89 bits per heavy atom. The van der Waals surface area contributed by atoms with Crippen LogP contribution in [0.2, 0.25) is 5.15 Å². The Hall–Kier alpha value is -1.81. The van der Waals surface area contributed by atoms with Crippen LogP contribution in [0.5, 0.6) is 0 Å². The fourth-order valence-corrected chi connectivity index (χ4v) is 2.42. The topological polar surface area (TPSA) is 41.1 Å². The summed E-state index contributed by atoms with van der Waals surface area (Å²) < 4.78 is 1.75. The van der Waals surface area contributed by atoms with E-state index in [1.165, 1.54) is 0 Å². The van der Waals surface area contributed by atoms with Gasteiger partial charge >= 0.3 is 0 Å². The zero-order valence-electron chi connectivity index (χ0n) is 10.1. The number of nitrogens with zero attached hydrogens (tertiary/aromatic N) is 4. The Morgan fingerprint density at radius 3 is 2.61 bits per heavy atom. The third-order valence-corrected chi connectivity index (χ3v) is 3.23. The second-order valence-corrected chi connectivity index (χ2v) is 4.61. The van der Waals surface area contributed by atoms with Crippen LogP contribution in [0.15, 0.2) is 35.4 Å². The van der Waals surface area contributed by atoms with E-state index in [9.17, 15) is 0 Å². The molecule has 0 radical (unpaired) electrons. The molecule has 5 heteroatoms. The maximum atomic E-state index is 6.23. The van der Waals surface area contributed by atoms with E-state index in [0.717, 1.165) is 16.9 Å². The molecule has 0 fully saturated rings. The zero-order chi connectivity index (χ0) is 12.7. The Bertz CT molecular complexity index is 637. The first kappa shape index (κ1) is 11.3. The summed E-state index contributed by atoms with van der Waals surface area (Å²) in [5, 5.41) is 4.85. The number of azo groups is 2. The van der Waals surface area contributed by atoms with Crippen LogP contribution in [-0.2, 0) is 0 Å². The number of halogens is 1. The van der Waals surface area contributed by atoms with Crippen LogP contribution in [0.1, 0.15) is 18.7 Å². The van der Waals surface area contributed by atoms with Crippen molar-refractivity contribution < 1.29 is 4.70 Å². The van der Waals surface area contributed by atoms with Crippen molar-refractivity contribution in [2.45, 2.75) is 13.0 Å². The summed E-state index contributed by atoms with van der Waals surface area (Å²) in [6, 6.07) is 9.84. The smallest absolute Gasteiger partial charge is 0.223 e. The normalized spacial score (nSPS) is 17.5. The lowest BCUT2D eigenvalue weighted by Gasteiger charge is -2.03. The second-order valence-electron chi connectivity index (χ2n) is 4.25. The van der Waals surface area contributed by atoms with E-state index in [4.69, 9.17) is 11.6 Å². The van der Waals surface area contributed by atoms with Crippen LogP contribution in [0.25, 0.3) is 11.4 Å². The number of aromatic nitrogens is 2. The molecule has 18 heavy (non-hydrogen) atoms. The molecule has 1 aromatic heterocycles. The minimum atomic E-state index is 0.0213. The summed E-state index contributed by atoms with van der Waals surface area (Å²) >= 11 is 6.23. The number of hydrogen-bond donors (Lipinski definition) is 0. The van der Waals surface area contributed by atoms with Crippen molar-refractivity contribution in [3.63, 3.8) is 0 Å². The molecule has 0 spiro atoms. The minimum absolute atomic E-state index is 0.0213. The molecule has 1 aromatic carbocycles. The summed E-state index contributed by atoms with van der Waals surface area (Å²) in [4.78, 5) is 8.94. The molecule has 1 unspecified atom stereocenters. The summed E-state index contributed by atoms with van der Waals surface area (Å²) in [6.45, 7) is 2.00. The van der Waals surface area contributed by atoms with Gasteiger partial charge in [-0.15, -0.1) is 0 Å². The molecule has 0 amide bonds. The molecule has 2 aromatic rings. The van der Waals surface area contributed by atoms with E-state index < -0.39 is 0 Å². The van der Waals surface area contributed by atoms with Crippen molar-refractivity contribution >= 4 is 17.3 Å². The summed E-state index contributed by atoms with van der Waals surface area (Å²) in [5.41, 5.74) is 2.66. The van der Waals surface area contributed by atoms with Crippen molar-refractivity contribution in [3.8, 4) is 11.4 Å². The van der Waals surface area contributed by atoms with Crippen LogP contribution in [0, 0.1) is 0 Å². The molecule has 1 aliphatic heterocycles.